The number of amides is 2. The van der Waals surface area contributed by atoms with Gasteiger partial charge in [0.25, 0.3) is 0 Å². The van der Waals surface area contributed by atoms with Crippen molar-refractivity contribution in [2.24, 2.45) is 5.10 Å². The molecule has 1 heterocycles. The maximum Gasteiger partial charge on any atom is 0.243 e. The number of hydrogen-bond donors (Lipinski definition) is 1. The van der Waals surface area contributed by atoms with Gasteiger partial charge in [0.15, 0.2) is 0 Å². The standard InChI is InChI=1S/C23H27N3O2/c1-3-17-11-8-12-18(4-2)23(17)24-21(27)13-14-22(28)26-16-15-20(25-26)19-9-6-5-7-10-19/h5-12H,3-4,13-16H2,1-2H3,(H,24,27). The molecule has 0 saturated heterocycles. The van der Waals surface area contributed by atoms with E-state index in [1.54, 1.807) is 0 Å². The number of carbonyl (C=O) groups is 2. The van der Waals surface area contributed by atoms with Crippen LogP contribution in [0.1, 0.15) is 49.8 Å². The van der Waals surface area contributed by atoms with Gasteiger partial charge in [-0.3, -0.25) is 9.59 Å². The Bertz CT molecular complexity index is 852. The van der Waals surface area contributed by atoms with Crippen molar-refractivity contribution in [1.82, 2.24) is 5.01 Å². The molecule has 5 heteroatoms. The molecule has 0 aliphatic carbocycles. The lowest BCUT2D eigenvalue weighted by Crippen LogP contribution is -2.25. The highest BCUT2D eigenvalue weighted by Gasteiger charge is 2.22. The zero-order valence-electron chi connectivity index (χ0n) is 16.6. The monoisotopic (exact) mass is 377 g/mol. The average molecular weight is 377 g/mol. The summed E-state index contributed by atoms with van der Waals surface area (Å²) in [7, 11) is 0. The average Bonchev–Trinajstić information content (AvgIpc) is 3.23. The lowest BCUT2D eigenvalue weighted by molar-refractivity contribution is -0.132. The first-order chi connectivity index (χ1) is 13.6. The quantitative estimate of drug-likeness (QED) is 0.787. The molecule has 1 N–H and O–H groups in total. The van der Waals surface area contributed by atoms with Crippen LogP contribution in [0, 0.1) is 0 Å². The van der Waals surface area contributed by atoms with Crippen molar-refractivity contribution in [3.8, 4) is 0 Å². The van der Waals surface area contributed by atoms with Gasteiger partial charge in [0.1, 0.15) is 0 Å². The van der Waals surface area contributed by atoms with Crippen molar-refractivity contribution in [3.63, 3.8) is 0 Å². The molecule has 0 aromatic heterocycles. The molecule has 1 aliphatic rings. The van der Waals surface area contributed by atoms with Gasteiger partial charge in [-0.25, -0.2) is 5.01 Å². The summed E-state index contributed by atoms with van der Waals surface area (Å²) in [5, 5.41) is 8.95. The van der Waals surface area contributed by atoms with Gasteiger partial charge in [-0.15, -0.1) is 0 Å². The van der Waals surface area contributed by atoms with Crippen LogP contribution in [-0.2, 0) is 22.4 Å². The molecular formula is C23H27N3O2. The van der Waals surface area contributed by atoms with Crippen molar-refractivity contribution < 1.29 is 9.59 Å². The second-order valence-electron chi connectivity index (χ2n) is 6.89. The smallest absolute Gasteiger partial charge is 0.243 e. The minimum absolute atomic E-state index is 0.111. The minimum Gasteiger partial charge on any atom is -0.326 e. The van der Waals surface area contributed by atoms with Gasteiger partial charge < -0.3 is 5.32 Å². The lowest BCUT2D eigenvalue weighted by Gasteiger charge is -2.15. The van der Waals surface area contributed by atoms with Crippen LogP contribution < -0.4 is 5.32 Å². The Kier molecular flexibility index (Phi) is 6.58. The van der Waals surface area contributed by atoms with Crippen LogP contribution >= 0.6 is 0 Å². The predicted molar refractivity (Wildman–Crippen MR) is 112 cm³/mol. The molecule has 0 radical (unpaired) electrons. The molecule has 0 bridgehead atoms. The topological polar surface area (TPSA) is 61.8 Å². The first-order valence-corrected chi connectivity index (χ1v) is 9.96. The molecule has 2 aromatic carbocycles. The van der Waals surface area contributed by atoms with Crippen molar-refractivity contribution in [2.45, 2.75) is 46.0 Å². The molecule has 1 aliphatic heterocycles. The van der Waals surface area contributed by atoms with E-state index >= 15 is 0 Å². The second kappa shape index (κ2) is 9.31. The van der Waals surface area contributed by atoms with Gasteiger partial charge in [-0.1, -0.05) is 62.4 Å². The summed E-state index contributed by atoms with van der Waals surface area (Å²) in [4.78, 5) is 24.9. The normalized spacial score (nSPS) is 13.4. The highest BCUT2D eigenvalue weighted by Crippen LogP contribution is 2.23. The summed E-state index contributed by atoms with van der Waals surface area (Å²) in [5.41, 5.74) is 5.10. The molecule has 3 rings (SSSR count). The second-order valence-corrected chi connectivity index (χ2v) is 6.89. The Labute approximate surface area is 166 Å². The molecule has 0 saturated carbocycles. The molecule has 0 spiro atoms. The SMILES string of the molecule is CCc1cccc(CC)c1NC(=O)CCC(=O)N1CCC(c2ccccc2)=N1. The fourth-order valence-electron chi connectivity index (χ4n) is 3.43. The van der Waals surface area contributed by atoms with Gasteiger partial charge >= 0.3 is 0 Å². The van der Waals surface area contributed by atoms with Gasteiger partial charge in [-0.2, -0.15) is 5.10 Å². The Morgan fingerprint density at radius 2 is 1.64 bits per heavy atom. The molecule has 146 valence electrons. The van der Waals surface area contributed by atoms with E-state index in [1.165, 1.54) is 5.01 Å². The zero-order valence-corrected chi connectivity index (χ0v) is 16.6. The van der Waals surface area contributed by atoms with Crippen LogP contribution in [0.3, 0.4) is 0 Å². The maximum atomic E-state index is 12.5. The molecule has 2 amide bonds. The first kappa shape index (κ1) is 19.8. The van der Waals surface area contributed by atoms with E-state index in [0.29, 0.717) is 6.54 Å². The number of anilines is 1. The van der Waals surface area contributed by atoms with Crippen LogP contribution in [0.15, 0.2) is 53.6 Å². The number of hydrogen-bond acceptors (Lipinski definition) is 3. The first-order valence-electron chi connectivity index (χ1n) is 9.96. The molecule has 28 heavy (non-hydrogen) atoms. The number of carbonyl (C=O) groups excluding carboxylic acids is 2. The van der Waals surface area contributed by atoms with Crippen LogP contribution in [0.5, 0.6) is 0 Å². The number of nitrogens with one attached hydrogen (secondary N) is 1. The van der Waals surface area contributed by atoms with Crippen molar-refractivity contribution in [3.05, 3.63) is 65.2 Å². The van der Waals surface area contributed by atoms with Crippen LogP contribution in [0.2, 0.25) is 0 Å². The van der Waals surface area contributed by atoms with E-state index in [2.05, 4.69) is 24.3 Å². The summed E-state index contributed by atoms with van der Waals surface area (Å²) in [5.74, 6) is -0.240. The van der Waals surface area contributed by atoms with Crippen LogP contribution in [0.4, 0.5) is 5.69 Å². The van der Waals surface area contributed by atoms with E-state index in [0.717, 1.165) is 47.4 Å². The third-order valence-corrected chi connectivity index (χ3v) is 5.03. The highest BCUT2D eigenvalue weighted by molar-refractivity contribution is 6.03. The number of para-hydroxylation sites is 1. The van der Waals surface area contributed by atoms with Gasteiger partial charge in [-0.05, 0) is 29.5 Å². The van der Waals surface area contributed by atoms with E-state index < -0.39 is 0 Å². The van der Waals surface area contributed by atoms with Gasteiger partial charge in [0.2, 0.25) is 11.8 Å². The summed E-state index contributed by atoms with van der Waals surface area (Å²) in [6.45, 7) is 4.72. The molecule has 0 fully saturated rings. The third kappa shape index (κ3) is 4.66. The molecule has 5 nitrogen and oxygen atoms in total. The Morgan fingerprint density at radius 3 is 2.29 bits per heavy atom. The maximum absolute atomic E-state index is 12.5. The van der Waals surface area contributed by atoms with E-state index in [4.69, 9.17) is 0 Å². The molecule has 0 unspecified atom stereocenters. The molecule has 2 aromatic rings. The van der Waals surface area contributed by atoms with Gasteiger partial charge in [0.05, 0.1) is 12.3 Å². The molecular weight excluding hydrogens is 350 g/mol. The number of aryl methyl sites for hydroxylation is 2. The van der Waals surface area contributed by atoms with E-state index in [9.17, 15) is 9.59 Å². The number of rotatable bonds is 7. The lowest BCUT2D eigenvalue weighted by atomic mass is 10.0. The number of nitrogens with zero attached hydrogens (tertiary/aromatic N) is 2. The van der Waals surface area contributed by atoms with Crippen LogP contribution in [0.25, 0.3) is 0 Å². The zero-order chi connectivity index (χ0) is 19.9. The summed E-state index contributed by atoms with van der Waals surface area (Å²) < 4.78 is 0. The third-order valence-electron chi connectivity index (χ3n) is 5.03. The van der Waals surface area contributed by atoms with E-state index in [1.807, 2.05) is 48.5 Å². The number of benzene rings is 2. The summed E-state index contributed by atoms with van der Waals surface area (Å²) in [6.07, 6.45) is 2.77. The fourth-order valence-corrected chi connectivity index (χ4v) is 3.43. The van der Waals surface area contributed by atoms with E-state index in [-0.39, 0.29) is 24.7 Å². The summed E-state index contributed by atoms with van der Waals surface area (Å²) in [6, 6.07) is 16.0. The largest absolute Gasteiger partial charge is 0.326 e. The van der Waals surface area contributed by atoms with Crippen molar-refractivity contribution >= 4 is 23.2 Å². The van der Waals surface area contributed by atoms with Crippen LogP contribution in [-0.4, -0.2) is 29.1 Å². The van der Waals surface area contributed by atoms with Gasteiger partial charge in [0, 0.05) is 24.9 Å². The predicted octanol–water partition coefficient (Wildman–Crippen LogP) is 4.17. The number of hydrazone groups is 1. The Balaban J connectivity index is 1.57. The fraction of sp³-hybridized carbons (Fsp3) is 0.348. The Morgan fingerprint density at radius 1 is 0.964 bits per heavy atom. The molecule has 0 atom stereocenters. The minimum atomic E-state index is -0.129. The Hall–Kier alpha value is -2.95. The van der Waals surface area contributed by atoms with Crippen molar-refractivity contribution in [1.29, 1.82) is 0 Å². The highest BCUT2D eigenvalue weighted by atomic mass is 16.2. The summed E-state index contributed by atoms with van der Waals surface area (Å²) >= 11 is 0. The van der Waals surface area contributed by atoms with Crippen molar-refractivity contribution in [2.75, 3.05) is 11.9 Å².